The molecule has 0 aromatic carbocycles. The number of hydrogen-bond acceptors (Lipinski definition) is 3. The number of rotatable bonds is 7. The van der Waals surface area contributed by atoms with Gasteiger partial charge in [0, 0.05) is 6.04 Å². The van der Waals surface area contributed by atoms with Gasteiger partial charge in [-0.2, -0.15) is 5.26 Å². The second-order valence-electron chi connectivity index (χ2n) is 6.29. The predicted octanol–water partition coefficient (Wildman–Crippen LogP) is -1.41. The SMILES string of the molecule is C[NH+](CC(=O)NC1CC1)CC(=O)N[C@](C)(C#N)C1CC1. The maximum absolute atomic E-state index is 12.0. The molecule has 20 heavy (non-hydrogen) atoms. The fourth-order valence-corrected chi connectivity index (χ4v) is 2.33. The van der Waals surface area contributed by atoms with E-state index >= 15 is 0 Å². The summed E-state index contributed by atoms with van der Waals surface area (Å²) in [6, 6.07) is 2.55. The highest BCUT2D eigenvalue weighted by Crippen LogP contribution is 2.39. The van der Waals surface area contributed by atoms with Crippen LogP contribution in [0, 0.1) is 17.2 Å². The van der Waals surface area contributed by atoms with Crippen LogP contribution < -0.4 is 15.5 Å². The molecule has 0 bridgehead atoms. The third-order valence-corrected chi connectivity index (χ3v) is 3.89. The van der Waals surface area contributed by atoms with Crippen LogP contribution >= 0.6 is 0 Å². The molecule has 0 aliphatic heterocycles. The molecule has 6 nitrogen and oxygen atoms in total. The third kappa shape index (κ3) is 4.20. The van der Waals surface area contributed by atoms with Crippen LogP contribution in [0.5, 0.6) is 0 Å². The lowest BCUT2D eigenvalue weighted by Crippen LogP contribution is -3.11. The fraction of sp³-hybridized carbons (Fsp3) is 0.786. The molecule has 2 fully saturated rings. The van der Waals surface area contributed by atoms with E-state index in [0.29, 0.717) is 6.04 Å². The Balaban J connectivity index is 1.72. The summed E-state index contributed by atoms with van der Waals surface area (Å²) in [5.74, 6) is 0.0932. The number of carbonyl (C=O) groups is 2. The number of nitriles is 1. The minimum atomic E-state index is -0.756. The smallest absolute Gasteiger partial charge is 0.276 e. The molecule has 3 N–H and O–H groups in total. The average molecular weight is 279 g/mol. The van der Waals surface area contributed by atoms with Gasteiger partial charge < -0.3 is 15.5 Å². The molecular weight excluding hydrogens is 256 g/mol. The Morgan fingerprint density at radius 3 is 2.35 bits per heavy atom. The number of carbonyl (C=O) groups excluding carboxylic acids is 2. The van der Waals surface area contributed by atoms with E-state index in [9.17, 15) is 14.9 Å². The molecule has 2 aliphatic rings. The van der Waals surface area contributed by atoms with Crippen LogP contribution in [0.25, 0.3) is 0 Å². The lowest BCUT2D eigenvalue weighted by atomic mass is 9.98. The second kappa shape index (κ2) is 5.80. The molecule has 2 saturated carbocycles. The lowest BCUT2D eigenvalue weighted by molar-refractivity contribution is -0.862. The normalized spacial score (nSPS) is 22.2. The topological polar surface area (TPSA) is 86.4 Å². The van der Waals surface area contributed by atoms with Gasteiger partial charge in [0.15, 0.2) is 13.1 Å². The van der Waals surface area contributed by atoms with Crippen molar-refractivity contribution in [1.82, 2.24) is 10.6 Å². The molecule has 0 radical (unpaired) electrons. The average Bonchev–Trinajstić information content (AvgIpc) is 3.21. The number of hydrogen-bond donors (Lipinski definition) is 3. The summed E-state index contributed by atoms with van der Waals surface area (Å²) in [7, 11) is 1.81. The largest absolute Gasteiger partial charge is 0.348 e. The molecule has 6 heteroatoms. The fourth-order valence-electron chi connectivity index (χ4n) is 2.33. The maximum Gasteiger partial charge on any atom is 0.276 e. The highest BCUT2D eigenvalue weighted by atomic mass is 16.2. The Bertz CT molecular complexity index is 437. The van der Waals surface area contributed by atoms with E-state index in [1.165, 1.54) is 0 Å². The van der Waals surface area contributed by atoms with E-state index in [0.717, 1.165) is 30.6 Å². The van der Waals surface area contributed by atoms with Gasteiger partial charge in [0.2, 0.25) is 0 Å². The molecule has 2 rings (SSSR count). The zero-order valence-corrected chi connectivity index (χ0v) is 12.2. The highest BCUT2D eigenvalue weighted by molar-refractivity contribution is 5.80. The molecule has 0 spiro atoms. The molecule has 0 saturated heterocycles. The maximum atomic E-state index is 12.0. The highest BCUT2D eigenvalue weighted by Gasteiger charge is 2.43. The summed E-state index contributed by atoms with van der Waals surface area (Å²) in [4.78, 5) is 24.4. The van der Waals surface area contributed by atoms with E-state index in [-0.39, 0.29) is 30.8 Å². The molecule has 2 atom stereocenters. The summed E-state index contributed by atoms with van der Waals surface area (Å²) >= 11 is 0. The zero-order valence-electron chi connectivity index (χ0n) is 12.2. The quantitative estimate of drug-likeness (QED) is 0.535. The van der Waals surface area contributed by atoms with Crippen molar-refractivity contribution in [2.75, 3.05) is 20.1 Å². The van der Waals surface area contributed by atoms with Crippen molar-refractivity contribution >= 4 is 11.8 Å². The molecule has 1 unspecified atom stereocenters. The first-order valence-corrected chi connectivity index (χ1v) is 7.26. The van der Waals surface area contributed by atoms with Gasteiger partial charge in [-0.05, 0) is 38.5 Å². The van der Waals surface area contributed by atoms with E-state index in [2.05, 4.69) is 16.7 Å². The standard InChI is InChI=1S/C14H22N4O2/c1-14(9-15,10-3-4-10)17-13(20)8-18(2)7-12(19)16-11-5-6-11/h10-11H,3-8H2,1-2H3,(H,16,19)(H,17,20)/p+1/t14-/m1/s1. The molecule has 0 aromatic heterocycles. The van der Waals surface area contributed by atoms with E-state index in [1.807, 2.05) is 7.05 Å². The Hall–Kier alpha value is -1.61. The van der Waals surface area contributed by atoms with Crippen molar-refractivity contribution in [3.8, 4) is 6.07 Å². The second-order valence-corrected chi connectivity index (χ2v) is 6.29. The van der Waals surface area contributed by atoms with Crippen LogP contribution in [0.3, 0.4) is 0 Å². The summed E-state index contributed by atoms with van der Waals surface area (Å²) in [5.41, 5.74) is -0.756. The molecule has 110 valence electrons. The van der Waals surface area contributed by atoms with Crippen LogP contribution in [-0.4, -0.2) is 43.5 Å². The van der Waals surface area contributed by atoms with E-state index < -0.39 is 5.54 Å². The van der Waals surface area contributed by atoms with Crippen LogP contribution in [0.2, 0.25) is 0 Å². The molecule has 2 aliphatic carbocycles. The predicted molar refractivity (Wildman–Crippen MR) is 72.7 cm³/mol. The lowest BCUT2D eigenvalue weighted by Gasteiger charge is -2.23. The summed E-state index contributed by atoms with van der Waals surface area (Å²) in [6.45, 7) is 2.27. The summed E-state index contributed by atoms with van der Waals surface area (Å²) in [5, 5.41) is 14.9. The van der Waals surface area contributed by atoms with Gasteiger partial charge in [0.25, 0.3) is 11.8 Å². The molecule has 0 aromatic rings. The number of quaternary nitrogens is 1. The van der Waals surface area contributed by atoms with E-state index in [1.54, 1.807) is 6.92 Å². The van der Waals surface area contributed by atoms with Gasteiger partial charge in [-0.1, -0.05) is 0 Å². The van der Waals surface area contributed by atoms with Crippen molar-refractivity contribution in [3.05, 3.63) is 0 Å². The molecule has 0 heterocycles. The van der Waals surface area contributed by atoms with Gasteiger partial charge in [0.1, 0.15) is 5.54 Å². The van der Waals surface area contributed by atoms with Crippen molar-refractivity contribution in [3.63, 3.8) is 0 Å². The Kier molecular flexibility index (Phi) is 4.29. The van der Waals surface area contributed by atoms with Crippen LogP contribution in [0.1, 0.15) is 32.6 Å². The minimum absolute atomic E-state index is 0.0111. The van der Waals surface area contributed by atoms with Crippen molar-refractivity contribution < 1.29 is 14.5 Å². The zero-order chi connectivity index (χ0) is 14.8. The minimum Gasteiger partial charge on any atom is -0.348 e. The number of amides is 2. The van der Waals surface area contributed by atoms with Crippen LogP contribution in [-0.2, 0) is 9.59 Å². The van der Waals surface area contributed by atoms with Crippen molar-refractivity contribution in [2.24, 2.45) is 5.92 Å². The first-order valence-electron chi connectivity index (χ1n) is 7.26. The Morgan fingerprint density at radius 2 is 1.85 bits per heavy atom. The first kappa shape index (κ1) is 14.8. The van der Waals surface area contributed by atoms with Gasteiger partial charge in [0.05, 0.1) is 13.1 Å². The first-order chi connectivity index (χ1) is 9.43. The Morgan fingerprint density at radius 1 is 1.25 bits per heavy atom. The van der Waals surface area contributed by atoms with Crippen LogP contribution in [0.4, 0.5) is 0 Å². The van der Waals surface area contributed by atoms with E-state index in [4.69, 9.17) is 0 Å². The third-order valence-electron chi connectivity index (χ3n) is 3.89. The number of nitrogens with zero attached hydrogens (tertiary/aromatic N) is 1. The van der Waals surface area contributed by atoms with Crippen molar-refractivity contribution in [1.29, 1.82) is 5.26 Å². The summed E-state index contributed by atoms with van der Waals surface area (Å²) in [6.07, 6.45) is 4.12. The van der Waals surface area contributed by atoms with Gasteiger partial charge in [-0.15, -0.1) is 0 Å². The van der Waals surface area contributed by atoms with Gasteiger partial charge >= 0.3 is 0 Å². The van der Waals surface area contributed by atoms with Crippen molar-refractivity contribution in [2.45, 2.75) is 44.2 Å². The Labute approximate surface area is 119 Å². The molecule has 2 amide bonds. The molecular formula is C14H23N4O2+. The summed E-state index contributed by atoms with van der Waals surface area (Å²) < 4.78 is 0. The monoisotopic (exact) mass is 279 g/mol. The number of likely N-dealkylation sites (N-methyl/N-ethyl adjacent to an activating group) is 1. The number of nitrogens with one attached hydrogen (secondary N) is 3. The van der Waals surface area contributed by atoms with Gasteiger partial charge in [-0.25, -0.2) is 0 Å². The van der Waals surface area contributed by atoms with Gasteiger partial charge in [-0.3, -0.25) is 9.59 Å². The van der Waals surface area contributed by atoms with Crippen LogP contribution in [0.15, 0.2) is 0 Å².